The molecule has 0 saturated heterocycles. The summed E-state index contributed by atoms with van der Waals surface area (Å²) in [6, 6.07) is 32.2. The van der Waals surface area contributed by atoms with Gasteiger partial charge >= 0.3 is 0 Å². The summed E-state index contributed by atoms with van der Waals surface area (Å²) in [5.41, 5.74) is 0. The average Bonchev–Trinajstić information content (AvgIpc) is 2.59. The van der Waals surface area contributed by atoms with Crippen molar-refractivity contribution in [3.8, 4) is 0 Å². The predicted molar refractivity (Wildman–Crippen MR) is 95.3 cm³/mol. The van der Waals surface area contributed by atoms with Crippen LogP contribution in [0.4, 0.5) is 0 Å². The van der Waals surface area contributed by atoms with Crippen molar-refractivity contribution in [3.63, 3.8) is 0 Å². The minimum Gasteiger partial charge on any atom is -1.00 e. The molecule has 110 valence electrons. The smallest absolute Gasteiger partial charge is 0.136 e. The van der Waals surface area contributed by atoms with E-state index < -0.39 is 7.26 Å². The molecule has 0 fully saturated rings. The van der Waals surface area contributed by atoms with Gasteiger partial charge < -0.3 is 12.4 Å². The Bertz CT molecular complexity index is 612. The van der Waals surface area contributed by atoms with E-state index >= 15 is 0 Å². The molecule has 0 saturated carbocycles. The summed E-state index contributed by atoms with van der Waals surface area (Å²) in [7, 11) is -1.77. The summed E-state index contributed by atoms with van der Waals surface area (Å²) in [4.78, 5) is 0. The van der Waals surface area contributed by atoms with Gasteiger partial charge in [0.05, 0.1) is 5.82 Å². The Morgan fingerprint density at radius 1 is 0.545 bits per heavy atom. The zero-order chi connectivity index (χ0) is 14.5. The molecule has 0 aliphatic carbocycles. The summed E-state index contributed by atoms with van der Waals surface area (Å²) < 4.78 is 0. The van der Waals surface area contributed by atoms with Crippen LogP contribution >= 0.6 is 7.26 Å². The quantitative estimate of drug-likeness (QED) is 0.631. The number of halogens is 1. The van der Waals surface area contributed by atoms with E-state index in [9.17, 15) is 0 Å². The van der Waals surface area contributed by atoms with E-state index in [1.165, 1.54) is 15.9 Å². The van der Waals surface area contributed by atoms with Gasteiger partial charge in [0, 0.05) is 0 Å². The van der Waals surface area contributed by atoms with Gasteiger partial charge in [-0.1, -0.05) is 61.2 Å². The van der Waals surface area contributed by atoms with Gasteiger partial charge in [0.2, 0.25) is 0 Å². The Labute approximate surface area is 139 Å². The molecular weight excluding hydrogens is 307 g/mol. The fourth-order valence-electron chi connectivity index (χ4n) is 2.75. The van der Waals surface area contributed by atoms with E-state index in [1.807, 2.05) is 0 Å². The number of hydrogen-bond donors (Lipinski definition) is 0. The maximum absolute atomic E-state index is 4.21. The van der Waals surface area contributed by atoms with Crippen LogP contribution in [0, 0.1) is 0 Å². The zero-order valence-corrected chi connectivity index (χ0v) is 13.9. The highest BCUT2D eigenvalue weighted by atomic mass is 35.5. The molecule has 0 aliphatic rings. The first kappa shape index (κ1) is 16.5. The molecule has 0 atom stereocenters. The SMILES string of the molecule is C=C[P+](c1ccccc1)(c1ccccc1)c1ccccc1.[Cl-]. The summed E-state index contributed by atoms with van der Waals surface area (Å²) >= 11 is 0. The fourth-order valence-corrected chi connectivity index (χ4v) is 6.21. The Hall–Kier alpha value is -1.88. The largest absolute Gasteiger partial charge is 1.00 e. The van der Waals surface area contributed by atoms with Crippen molar-refractivity contribution in [1.29, 1.82) is 0 Å². The third kappa shape index (κ3) is 2.86. The lowest BCUT2D eigenvalue weighted by Gasteiger charge is -2.23. The van der Waals surface area contributed by atoms with Crippen LogP contribution in [-0.2, 0) is 0 Å². The lowest BCUT2D eigenvalue weighted by atomic mass is 10.4. The molecule has 0 nitrogen and oxygen atoms in total. The molecule has 0 radical (unpaired) electrons. The topological polar surface area (TPSA) is 0 Å². The molecule has 3 aromatic rings. The van der Waals surface area contributed by atoms with Crippen LogP contribution in [0.1, 0.15) is 0 Å². The summed E-state index contributed by atoms with van der Waals surface area (Å²) in [6.07, 6.45) is 0. The number of hydrogen-bond acceptors (Lipinski definition) is 0. The van der Waals surface area contributed by atoms with E-state index in [2.05, 4.69) is 103 Å². The van der Waals surface area contributed by atoms with E-state index in [-0.39, 0.29) is 12.4 Å². The summed E-state index contributed by atoms with van der Waals surface area (Å²) in [6.45, 7) is 4.21. The maximum atomic E-state index is 4.21. The van der Waals surface area contributed by atoms with Crippen molar-refractivity contribution in [2.45, 2.75) is 0 Å². The Balaban J connectivity index is 0.00000176. The highest BCUT2D eigenvalue weighted by Crippen LogP contribution is 2.56. The molecule has 0 unspecified atom stereocenters. The van der Waals surface area contributed by atoms with Crippen molar-refractivity contribution in [3.05, 3.63) is 103 Å². The highest BCUT2D eigenvalue weighted by Gasteiger charge is 2.42. The van der Waals surface area contributed by atoms with Gasteiger partial charge in [0.25, 0.3) is 0 Å². The Morgan fingerprint density at radius 2 is 0.818 bits per heavy atom. The Kier molecular flexibility index (Phi) is 5.55. The van der Waals surface area contributed by atoms with Crippen molar-refractivity contribution in [2.24, 2.45) is 0 Å². The van der Waals surface area contributed by atoms with Crippen molar-refractivity contribution in [2.75, 3.05) is 0 Å². The monoisotopic (exact) mass is 324 g/mol. The second kappa shape index (κ2) is 7.40. The van der Waals surface area contributed by atoms with Gasteiger partial charge in [-0.05, 0) is 36.4 Å². The minimum absolute atomic E-state index is 0. The molecular formula is C20H18ClP. The van der Waals surface area contributed by atoms with Crippen LogP contribution in [-0.4, -0.2) is 0 Å². The molecule has 22 heavy (non-hydrogen) atoms. The van der Waals surface area contributed by atoms with E-state index in [1.54, 1.807) is 0 Å². The first-order valence-electron chi connectivity index (χ1n) is 7.07. The Morgan fingerprint density at radius 3 is 1.05 bits per heavy atom. The average molecular weight is 325 g/mol. The van der Waals surface area contributed by atoms with Gasteiger partial charge in [-0.2, -0.15) is 0 Å². The first-order valence-corrected chi connectivity index (χ1v) is 8.93. The van der Waals surface area contributed by atoms with Crippen LogP contribution in [0.15, 0.2) is 103 Å². The van der Waals surface area contributed by atoms with Crippen molar-refractivity contribution in [1.82, 2.24) is 0 Å². The zero-order valence-electron chi connectivity index (χ0n) is 12.3. The molecule has 0 aliphatic heterocycles. The molecule has 0 N–H and O–H groups in total. The number of rotatable bonds is 4. The molecule has 0 bridgehead atoms. The van der Waals surface area contributed by atoms with Gasteiger partial charge in [-0.25, -0.2) is 0 Å². The second-order valence-electron chi connectivity index (χ2n) is 4.91. The molecule has 3 rings (SSSR count). The van der Waals surface area contributed by atoms with Gasteiger partial charge in [0.15, 0.2) is 0 Å². The van der Waals surface area contributed by atoms with E-state index in [4.69, 9.17) is 0 Å². The van der Waals surface area contributed by atoms with Gasteiger partial charge in [-0.3, -0.25) is 0 Å². The van der Waals surface area contributed by atoms with E-state index in [0.29, 0.717) is 0 Å². The van der Waals surface area contributed by atoms with Crippen molar-refractivity contribution < 1.29 is 12.4 Å². The maximum Gasteiger partial charge on any atom is 0.136 e. The second-order valence-corrected chi connectivity index (χ2v) is 8.27. The van der Waals surface area contributed by atoms with Crippen LogP contribution in [0.3, 0.4) is 0 Å². The standard InChI is InChI=1S/C20H18P.ClH/c1-2-21(18-12-6-3-7-13-18,19-14-8-4-9-15-19)20-16-10-5-11-17-20;/h2-17H,1H2;1H/q+1;/p-1. The molecule has 0 spiro atoms. The normalized spacial score (nSPS) is 10.5. The fraction of sp³-hybridized carbons (Fsp3) is 0. The summed E-state index contributed by atoms with van der Waals surface area (Å²) in [5, 5.41) is 4.03. The molecule has 2 heteroatoms. The third-order valence-electron chi connectivity index (χ3n) is 3.76. The summed E-state index contributed by atoms with van der Waals surface area (Å²) in [5.74, 6) is 2.16. The third-order valence-corrected chi connectivity index (χ3v) is 7.65. The molecule has 0 amide bonds. The first-order chi connectivity index (χ1) is 10.4. The van der Waals surface area contributed by atoms with Crippen LogP contribution in [0.5, 0.6) is 0 Å². The lowest BCUT2D eigenvalue weighted by molar-refractivity contribution is -0.00000402. The van der Waals surface area contributed by atoms with Crippen LogP contribution in [0.25, 0.3) is 0 Å². The number of benzene rings is 3. The highest BCUT2D eigenvalue weighted by molar-refractivity contribution is 7.98. The lowest BCUT2D eigenvalue weighted by Crippen LogP contribution is -3.00. The van der Waals surface area contributed by atoms with E-state index in [0.717, 1.165) is 0 Å². The van der Waals surface area contributed by atoms with Crippen LogP contribution < -0.4 is 28.3 Å². The van der Waals surface area contributed by atoms with Gasteiger partial charge in [-0.15, -0.1) is 0 Å². The molecule has 0 aromatic heterocycles. The van der Waals surface area contributed by atoms with Crippen molar-refractivity contribution >= 4 is 23.2 Å². The predicted octanol–water partition coefficient (Wildman–Crippen LogP) is 1.13. The molecule has 0 heterocycles. The van der Waals surface area contributed by atoms with Crippen LogP contribution in [0.2, 0.25) is 0 Å². The molecule has 3 aromatic carbocycles. The van der Waals surface area contributed by atoms with Gasteiger partial charge in [0.1, 0.15) is 23.2 Å². The minimum atomic E-state index is -1.77.